The van der Waals surface area contributed by atoms with Gasteiger partial charge in [-0.15, -0.1) is 0 Å². The van der Waals surface area contributed by atoms with Crippen molar-refractivity contribution in [3.63, 3.8) is 0 Å². The second-order valence-corrected chi connectivity index (χ2v) is 5.66. The number of ether oxygens (including phenoxy) is 3. The summed E-state index contributed by atoms with van der Waals surface area (Å²) in [6, 6.07) is 7.26. The van der Waals surface area contributed by atoms with E-state index in [9.17, 15) is 9.59 Å². The van der Waals surface area contributed by atoms with Crippen LogP contribution in [-0.2, 0) is 19.1 Å². The van der Waals surface area contributed by atoms with Crippen LogP contribution in [-0.4, -0.2) is 32.3 Å². The van der Waals surface area contributed by atoms with Crippen molar-refractivity contribution in [3.8, 4) is 5.75 Å². The standard InChI is InChI=1S/C17H22O5/c1-17(2,3)16(19)22-12-11-21-15(18)10-7-13-5-8-14(20-4)9-6-13/h5-10H,11-12H2,1-4H3/b10-7+. The fraction of sp³-hybridized carbons (Fsp3) is 0.412. The zero-order chi connectivity index (χ0) is 16.6. The molecular formula is C17H22O5. The molecular weight excluding hydrogens is 284 g/mol. The molecule has 0 heterocycles. The molecule has 0 aliphatic carbocycles. The molecule has 0 radical (unpaired) electrons. The van der Waals surface area contributed by atoms with E-state index in [0.29, 0.717) is 0 Å². The Morgan fingerprint density at radius 1 is 1.05 bits per heavy atom. The van der Waals surface area contributed by atoms with E-state index in [1.54, 1.807) is 46.1 Å². The molecule has 0 atom stereocenters. The normalized spacial score (nSPS) is 11.3. The first-order chi connectivity index (χ1) is 10.3. The number of hydrogen-bond donors (Lipinski definition) is 0. The molecule has 0 fully saturated rings. The number of carbonyl (C=O) groups is 2. The molecule has 0 aromatic heterocycles. The maximum Gasteiger partial charge on any atom is 0.330 e. The van der Waals surface area contributed by atoms with Gasteiger partial charge in [-0.05, 0) is 44.5 Å². The van der Waals surface area contributed by atoms with Crippen molar-refractivity contribution >= 4 is 18.0 Å². The van der Waals surface area contributed by atoms with Crippen LogP contribution in [0.4, 0.5) is 0 Å². The van der Waals surface area contributed by atoms with Gasteiger partial charge in [0.1, 0.15) is 19.0 Å². The van der Waals surface area contributed by atoms with Gasteiger partial charge in [0.05, 0.1) is 12.5 Å². The van der Waals surface area contributed by atoms with E-state index in [2.05, 4.69) is 0 Å². The summed E-state index contributed by atoms with van der Waals surface area (Å²) in [5, 5.41) is 0. The fourth-order valence-electron chi connectivity index (χ4n) is 1.42. The summed E-state index contributed by atoms with van der Waals surface area (Å²) in [6.07, 6.45) is 2.97. The zero-order valence-electron chi connectivity index (χ0n) is 13.4. The lowest BCUT2D eigenvalue weighted by molar-refractivity contribution is -0.156. The quantitative estimate of drug-likeness (QED) is 0.459. The molecule has 1 aromatic rings. The third-order valence-electron chi connectivity index (χ3n) is 2.70. The van der Waals surface area contributed by atoms with Crippen molar-refractivity contribution in [2.45, 2.75) is 20.8 Å². The number of rotatable bonds is 6. The Bertz CT molecular complexity index is 523. The topological polar surface area (TPSA) is 61.8 Å². The Hall–Kier alpha value is -2.30. The maximum absolute atomic E-state index is 11.5. The van der Waals surface area contributed by atoms with Crippen molar-refractivity contribution in [1.29, 1.82) is 0 Å². The van der Waals surface area contributed by atoms with Crippen molar-refractivity contribution in [3.05, 3.63) is 35.9 Å². The number of benzene rings is 1. The molecule has 0 bridgehead atoms. The zero-order valence-corrected chi connectivity index (χ0v) is 13.4. The van der Waals surface area contributed by atoms with Crippen LogP contribution in [0.25, 0.3) is 6.08 Å². The summed E-state index contributed by atoms with van der Waals surface area (Å²) in [4.78, 5) is 23.0. The highest BCUT2D eigenvalue weighted by Gasteiger charge is 2.22. The summed E-state index contributed by atoms with van der Waals surface area (Å²) in [5.74, 6) is -0.0552. The van der Waals surface area contributed by atoms with E-state index in [0.717, 1.165) is 11.3 Å². The molecule has 0 unspecified atom stereocenters. The smallest absolute Gasteiger partial charge is 0.330 e. The lowest BCUT2D eigenvalue weighted by Gasteiger charge is -2.16. The van der Waals surface area contributed by atoms with Gasteiger partial charge in [0.2, 0.25) is 0 Å². The Morgan fingerprint density at radius 2 is 1.64 bits per heavy atom. The molecule has 120 valence electrons. The summed E-state index contributed by atoms with van der Waals surface area (Å²) in [6.45, 7) is 5.38. The van der Waals surface area contributed by atoms with Gasteiger partial charge in [0.25, 0.3) is 0 Å². The lowest BCUT2D eigenvalue weighted by atomic mass is 9.97. The second-order valence-electron chi connectivity index (χ2n) is 5.66. The van der Waals surface area contributed by atoms with Gasteiger partial charge < -0.3 is 14.2 Å². The van der Waals surface area contributed by atoms with Crippen molar-refractivity contribution < 1.29 is 23.8 Å². The van der Waals surface area contributed by atoms with Crippen LogP contribution in [0.5, 0.6) is 5.75 Å². The molecule has 1 aromatic carbocycles. The largest absolute Gasteiger partial charge is 0.497 e. The molecule has 5 heteroatoms. The minimum Gasteiger partial charge on any atom is -0.497 e. The van der Waals surface area contributed by atoms with Gasteiger partial charge in [-0.2, -0.15) is 0 Å². The summed E-state index contributed by atoms with van der Waals surface area (Å²) >= 11 is 0. The third kappa shape index (κ3) is 6.43. The summed E-state index contributed by atoms with van der Waals surface area (Å²) < 4.78 is 15.0. The molecule has 0 N–H and O–H groups in total. The molecule has 0 saturated heterocycles. The summed E-state index contributed by atoms with van der Waals surface area (Å²) in [7, 11) is 1.59. The number of methoxy groups -OCH3 is 1. The molecule has 0 aliphatic rings. The first-order valence-corrected chi connectivity index (χ1v) is 6.99. The molecule has 0 spiro atoms. The van der Waals surface area contributed by atoms with Gasteiger partial charge in [-0.25, -0.2) is 4.79 Å². The first-order valence-electron chi connectivity index (χ1n) is 6.99. The predicted molar refractivity (Wildman–Crippen MR) is 83.4 cm³/mol. The van der Waals surface area contributed by atoms with Crippen LogP contribution in [0, 0.1) is 5.41 Å². The molecule has 1 rings (SSSR count). The first kappa shape index (κ1) is 17.8. The van der Waals surface area contributed by atoms with Crippen LogP contribution in [0.3, 0.4) is 0 Å². The molecule has 0 amide bonds. The molecule has 0 aliphatic heterocycles. The average molecular weight is 306 g/mol. The number of hydrogen-bond acceptors (Lipinski definition) is 5. The van der Waals surface area contributed by atoms with E-state index in [1.807, 2.05) is 12.1 Å². The highest BCUT2D eigenvalue weighted by atomic mass is 16.6. The monoisotopic (exact) mass is 306 g/mol. The maximum atomic E-state index is 11.5. The Kier molecular flexibility index (Phi) is 6.63. The fourth-order valence-corrected chi connectivity index (χ4v) is 1.42. The van der Waals surface area contributed by atoms with Crippen LogP contribution in [0.1, 0.15) is 26.3 Å². The van der Waals surface area contributed by atoms with E-state index < -0.39 is 11.4 Å². The van der Waals surface area contributed by atoms with Gasteiger partial charge >= 0.3 is 11.9 Å². The highest BCUT2D eigenvalue weighted by Crippen LogP contribution is 2.15. The van der Waals surface area contributed by atoms with Crippen LogP contribution in [0.2, 0.25) is 0 Å². The Labute approximate surface area is 130 Å². The van der Waals surface area contributed by atoms with Gasteiger partial charge in [-0.3, -0.25) is 4.79 Å². The van der Waals surface area contributed by atoms with Crippen molar-refractivity contribution in [1.82, 2.24) is 0 Å². The van der Waals surface area contributed by atoms with E-state index in [4.69, 9.17) is 14.2 Å². The van der Waals surface area contributed by atoms with Crippen LogP contribution >= 0.6 is 0 Å². The Morgan fingerprint density at radius 3 is 2.18 bits per heavy atom. The van der Waals surface area contributed by atoms with Gasteiger partial charge in [-0.1, -0.05) is 12.1 Å². The van der Waals surface area contributed by atoms with E-state index in [-0.39, 0.29) is 19.2 Å². The lowest BCUT2D eigenvalue weighted by Crippen LogP contribution is -2.24. The Balaban J connectivity index is 2.31. The van der Waals surface area contributed by atoms with E-state index in [1.165, 1.54) is 6.08 Å². The van der Waals surface area contributed by atoms with Crippen LogP contribution < -0.4 is 4.74 Å². The van der Waals surface area contributed by atoms with Crippen molar-refractivity contribution in [2.24, 2.45) is 5.41 Å². The minimum absolute atomic E-state index is 0.0353. The van der Waals surface area contributed by atoms with Gasteiger partial charge in [0.15, 0.2) is 0 Å². The third-order valence-corrected chi connectivity index (χ3v) is 2.70. The molecule has 0 saturated carbocycles. The SMILES string of the molecule is COc1ccc(/C=C/C(=O)OCCOC(=O)C(C)(C)C)cc1. The number of esters is 2. The van der Waals surface area contributed by atoms with Crippen LogP contribution in [0.15, 0.2) is 30.3 Å². The predicted octanol–water partition coefficient (Wildman–Crippen LogP) is 2.84. The summed E-state index contributed by atoms with van der Waals surface area (Å²) in [5.41, 5.74) is 0.301. The average Bonchev–Trinajstić information content (AvgIpc) is 2.48. The number of carbonyl (C=O) groups excluding carboxylic acids is 2. The van der Waals surface area contributed by atoms with E-state index >= 15 is 0 Å². The second kappa shape index (κ2) is 8.22. The molecule has 5 nitrogen and oxygen atoms in total. The highest BCUT2D eigenvalue weighted by molar-refractivity contribution is 5.87. The minimum atomic E-state index is -0.557. The van der Waals surface area contributed by atoms with Crippen molar-refractivity contribution in [2.75, 3.05) is 20.3 Å². The molecule has 22 heavy (non-hydrogen) atoms. The van der Waals surface area contributed by atoms with Gasteiger partial charge in [0, 0.05) is 6.08 Å².